The molecule has 12 heteroatoms. The monoisotopic (exact) mass is 673 g/mol. The zero-order valence-electron chi connectivity index (χ0n) is 27.3. The Morgan fingerprint density at radius 2 is 1.36 bits per heavy atom. The minimum Gasteiger partial charge on any atom is -0.497 e. The van der Waals surface area contributed by atoms with Crippen molar-refractivity contribution in [3.63, 3.8) is 0 Å². The third-order valence-electron chi connectivity index (χ3n) is 8.88. The fourth-order valence-electron chi connectivity index (χ4n) is 6.28. The zero-order chi connectivity index (χ0) is 34.7. The lowest BCUT2D eigenvalue weighted by Gasteiger charge is -2.37. The molecule has 3 heterocycles. The van der Waals surface area contributed by atoms with Gasteiger partial charge in [0.15, 0.2) is 23.2 Å². The molecule has 2 aromatic heterocycles. The SMILES string of the molecule is COc1ccc(C(OC[C@H]2O[C@@H](n3cnc4c(NC(=O)c5ccccc5)ncnc43)[C@@H](O)[C@H]2O)(c2ccccc2)c2ccc(OC)cc2)cc1. The molecule has 0 aliphatic carbocycles. The third kappa shape index (κ3) is 6.05. The second-order valence-corrected chi connectivity index (χ2v) is 11.7. The Balaban J connectivity index is 1.20. The average molecular weight is 674 g/mol. The number of hydrogen-bond donors (Lipinski definition) is 3. The summed E-state index contributed by atoms with van der Waals surface area (Å²) in [6, 6.07) is 33.7. The summed E-state index contributed by atoms with van der Waals surface area (Å²) in [6.45, 7) is -0.109. The Morgan fingerprint density at radius 3 is 1.96 bits per heavy atom. The van der Waals surface area contributed by atoms with Gasteiger partial charge in [-0.3, -0.25) is 9.36 Å². The van der Waals surface area contributed by atoms with E-state index < -0.39 is 30.1 Å². The van der Waals surface area contributed by atoms with Crippen LogP contribution in [0.1, 0.15) is 33.3 Å². The van der Waals surface area contributed by atoms with E-state index in [4.69, 9.17) is 18.9 Å². The highest BCUT2D eigenvalue weighted by atomic mass is 16.6. The number of hydrogen-bond acceptors (Lipinski definition) is 10. The summed E-state index contributed by atoms with van der Waals surface area (Å²) >= 11 is 0. The Hall–Kier alpha value is -5.66. The Kier molecular flexibility index (Phi) is 9.24. The van der Waals surface area contributed by atoms with Gasteiger partial charge in [-0.15, -0.1) is 0 Å². The predicted molar refractivity (Wildman–Crippen MR) is 184 cm³/mol. The molecule has 0 saturated carbocycles. The number of ether oxygens (including phenoxy) is 4. The number of amides is 1. The van der Waals surface area contributed by atoms with Crippen LogP contribution in [-0.2, 0) is 15.1 Å². The number of aromatic nitrogens is 4. The maximum atomic E-state index is 12.9. The van der Waals surface area contributed by atoms with Gasteiger partial charge in [0.2, 0.25) is 0 Å². The van der Waals surface area contributed by atoms with Gasteiger partial charge in [0, 0.05) is 5.56 Å². The highest BCUT2D eigenvalue weighted by Gasteiger charge is 2.47. The van der Waals surface area contributed by atoms with E-state index in [1.54, 1.807) is 38.5 Å². The average Bonchev–Trinajstić information content (AvgIpc) is 3.73. The normalized spacial score (nSPS) is 19.0. The summed E-state index contributed by atoms with van der Waals surface area (Å²) in [5.74, 6) is 1.21. The maximum Gasteiger partial charge on any atom is 0.256 e. The molecule has 1 fully saturated rings. The van der Waals surface area contributed by atoms with Crippen LogP contribution in [0.4, 0.5) is 5.82 Å². The third-order valence-corrected chi connectivity index (χ3v) is 8.88. The number of fused-ring (bicyclic) bond motifs is 1. The van der Waals surface area contributed by atoms with E-state index in [0.29, 0.717) is 28.2 Å². The van der Waals surface area contributed by atoms with Gasteiger partial charge in [-0.1, -0.05) is 72.8 Å². The minimum atomic E-state index is -1.36. The molecule has 7 rings (SSSR count). The summed E-state index contributed by atoms with van der Waals surface area (Å²) in [6.07, 6.45) is -1.97. The number of imidazole rings is 1. The van der Waals surface area contributed by atoms with Gasteiger partial charge in [-0.2, -0.15) is 0 Å². The zero-order valence-corrected chi connectivity index (χ0v) is 27.3. The molecule has 0 bridgehead atoms. The number of nitrogens with one attached hydrogen (secondary N) is 1. The van der Waals surface area contributed by atoms with Crippen LogP contribution in [0.2, 0.25) is 0 Å². The Bertz CT molecular complexity index is 2010. The lowest BCUT2D eigenvalue weighted by atomic mass is 9.80. The van der Waals surface area contributed by atoms with Crippen LogP contribution in [0.3, 0.4) is 0 Å². The number of nitrogens with zero attached hydrogens (tertiary/aromatic N) is 4. The summed E-state index contributed by atoms with van der Waals surface area (Å²) in [4.78, 5) is 25.9. The van der Waals surface area contributed by atoms with Crippen molar-refractivity contribution >= 4 is 22.9 Å². The van der Waals surface area contributed by atoms with E-state index in [1.165, 1.54) is 17.2 Å². The van der Waals surface area contributed by atoms with Gasteiger partial charge < -0.3 is 34.5 Å². The van der Waals surface area contributed by atoms with Gasteiger partial charge in [-0.05, 0) is 53.1 Å². The lowest BCUT2D eigenvalue weighted by molar-refractivity contribution is -0.0942. The molecule has 1 aliphatic heterocycles. The van der Waals surface area contributed by atoms with Crippen LogP contribution in [0.25, 0.3) is 11.2 Å². The topological polar surface area (TPSA) is 150 Å². The molecule has 0 unspecified atom stereocenters. The molecular formula is C38H35N5O7. The number of rotatable bonds is 11. The first kappa shape index (κ1) is 32.9. The molecule has 6 aromatic rings. The first-order chi connectivity index (χ1) is 24.4. The first-order valence-corrected chi connectivity index (χ1v) is 16.0. The van der Waals surface area contributed by atoms with Crippen molar-refractivity contribution < 1.29 is 34.0 Å². The van der Waals surface area contributed by atoms with Crippen molar-refractivity contribution in [1.82, 2.24) is 19.5 Å². The molecule has 1 amide bonds. The number of anilines is 1. The molecule has 1 aliphatic rings. The van der Waals surface area contributed by atoms with E-state index in [2.05, 4.69) is 20.3 Å². The molecule has 1 saturated heterocycles. The highest BCUT2D eigenvalue weighted by molar-refractivity contribution is 6.06. The molecule has 254 valence electrons. The maximum absolute atomic E-state index is 12.9. The van der Waals surface area contributed by atoms with Gasteiger partial charge in [0.25, 0.3) is 5.91 Å². The summed E-state index contributed by atoms with van der Waals surface area (Å²) < 4.78 is 25.6. The van der Waals surface area contributed by atoms with Crippen LogP contribution < -0.4 is 14.8 Å². The van der Waals surface area contributed by atoms with Crippen LogP contribution in [0.15, 0.2) is 122 Å². The van der Waals surface area contributed by atoms with E-state index in [9.17, 15) is 15.0 Å². The molecule has 12 nitrogen and oxygen atoms in total. The van der Waals surface area contributed by atoms with Gasteiger partial charge in [-0.25, -0.2) is 15.0 Å². The lowest BCUT2D eigenvalue weighted by Crippen LogP contribution is -2.39. The van der Waals surface area contributed by atoms with Crippen molar-refractivity contribution in [2.24, 2.45) is 0 Å². The van der Waals surface area contributed by atoms with E-state index >= 15 is 0 Å². The number of carbonyl (C=O) groups is 1. The summed E-state index contributed by atoms with van der Waals surface area (Å²) in [7, 11) is 3.22. The van der Waals surface area contributed by atoms with Crippen molar-refractivity contribution in [1.29, 1.82) is 0 Å². The van der Waals surface area contributed by atoms with Crippen molar-refractivity contribution in [2.75, 3.05) is 26.1 Å². The fraction of sp³-hybridized carbons (Fsp3) is 0.211. The molecule has 4 aromatic carbocycles. The summed E-state index contributed by atoms with van der Waals surface area (Å²) in [5.41, 5.74) is 2.34. The second kappa shape index (κ2) is 14.1. The number of methoxy groups -OCH3 is 2. The minimum absolute atomic E-state index is 0.109. The van der Waals surface area contributed by atoms with E-state index in [1.807, 2.05) is 84.9 Å². The van der Waals surface area contributed by atoms with Crippen LogP contribution in [0.5, 0.6) is 11.5 Å². The number of carbonyl (C=O) groups excluding carboxylic acids is 1. The second-order valence-electron chi connectivity index (χ2n) is 11.7. The van der Waals surface area contributed by atoms with Gasteiger partial charge in [0.05, 0.1) is 27.2 Å². The fourth-order valence-corrected chi connectivity index (χ4v) is 6.28. The van der Waals surface area contributed by atoms with Crippen molar-refractivity contribution in [2.45, 2.75) is 30.1 Å². The largest absolute Gasteiger partial charge is 0.497 e. The number of aliphatic hydroxyl groups is 2. The Morgan fingerprint density at radius 1 is 0.780 bits per heavy atom. The highest BCUT2D eigenvalue weighted by Crippen LogP contribution is 2.43. The van der Waals surface area contributed by atoms with Crippen molar-refractivity contribution in [3.8, 4) is 11.5 Å². The van der Waals surface area contributed by atoms with Gasteiger partial charge in [0.1, 0.15) is 41.7 Å². The van der Waals surface area contributed by atoms with E-state index in [0.717, 1.165) is 16.7 Å². The Labute approximate surface area is 287 Å². The molecule has 50 heavy (non-hydrogen) atoms. The van der Waals surface area contributed by atoms with Crippen LogP contribution in [-0.4, -0.2) is 74.8 Å². The standard InChI is InChI=1S/C38H35N5O7/c1-47-28-17-13-26(14-18-28)38(25-11-7-4-8-12-25,27-15-19-29(48-2)20-16-27)49-21-30-32(44)33(45)37(50-30)43-23-41-31-34(39-22-40-35(31)43)42-36(46)24-9-5-3-6-10-24/h3-20,22-23,30,32-33,37,44-45H,21H2,1-2H3,(H,39,40,42,46)/t30-,32+,33+,37-/m1/s1. The summed E-state index contributed by atoms with van der Waals surface area (Å²) in [5, 5.41) is 25.4. The van der Waals surface area contributed by atoms with Crippen molar-refractivity contribution in [3.05, 3.63) is 144 Å². The number of aliphatic hydroxyl groups excluding tert-OH is 2. The smallest absolute Gasteiger partial charge is 0.256 e. The molecule has 3 N–H and O–H groups in total. The van der Waals surface area contributed by atoms with Gasteiger partial charge >= 0.3 is 0 Å². The quantitative estimate of drug-likeness (QED) is 0.165. The molecule has 0 spiro atoms. The first-order valence-electron chi connectivity index (χ1n) is 16.0. The molecular weight excluding hydrogens is 638 g/mol. The van der Waals surface area contributed by atoms with E-state index in [-0.39, 0.29) is 18.3 Å². The van der Waals surface area contributed by atoms with Crippen LogP contribution >= 0.6 is 0 Å². The van der Waals surface area contributed by atoms with Crippen LogP contribution in [0, 0.1) is 0 Å². The number of benzene rings is 4. The molecule has 0 radical (unpaired) electrons. The molecule has 4 atom stereocenters. The predicted octanol–water partition coefficient (Wildman–Crippen LogP) is 4.72.